The lowest BCUT2D eigenvalue weighted by Gasteiger charge is -2.37. The average molecular weight is 384 g/mol. The van der Waals surface area contributed by atoms with Crippen molar-refractivity contribution in [2.75, 3.05) is 45.1 Å². The Bertz CT molecular complexity index is 602. The lowest BCUT2D eigenvalue weighted by Crippen LogP contribution is -2.43. The van der Waals surface area contributed by atoms with E-state index in [0.717, 1.165) is 31.8 Å². The van der Waals surface area contributed by atoms with E-state index in [9.17, 15) is 4.79 Å². The van der Waals surface area contributed by atoms with Gasteiger partial charge in [0, 0.05) is 24.7 Å². The first-order valence-corrected chi connectivity index (χ1v) is 9.93. The van der Waals surface area contributed by atoms with E-state index < -0.39 is 0 Å². The molecular weight excluding hydrogens is 357 g/mol. The molecule has 2 saturated heterocycles. The van der Waals surface area contributed by atoms with Gasteiger partial charge in [0.1, 0.15) is 0 Å². The summed E-state index contributed by atoms with van der Waals surface area (Å²) in [5.74, 6) is 0.954. The number of anilines is 1. The molecule has 2 aliphatic heterocycles. The van der Waals surface area contributed by atoms with Crippen LogP contribution in [0.3, 0.4) is 0 Å². The van der Waals surface area contributed by atoms with Crippen molar-refractivity contribution in [3.63, 3.8) is 0 Å². The Morgan fingerprint density at radius 3 is 2.60 bits per heavy atom. The molecule has 0 bridgehead atoms. The summed E-state index contributed by atoms with van der Waals surface area (Å²) in [4.78, 5) is 17.5. The molecule has 1 aromatic carbocycles. The number of nitrogens with one attached hydrogen (secondary N) is 1. The SMILES string of the molecule is CN1CCCC(CN2CCC(C(=O)Nc3ccc(Cl)c(Cl)c3)CC2)C1. The molecule has 0 saturated carbocycles. The summed E-state index contributed by atoms with van der Waals surface area (Å²) in [7, 11) is 2.21. The van der Waals surface area contributed by atoms with E-state index in [-0.39, 0.29) is 11.8 Å². The predicted octanol–water partition coefficient (Wildman–Crippen LogP) is 3.99. The lowest BCUT2D eigenvalue weighted by molar-refractivity contribution is -0.121. The quantitative estimate of drug-likeness (QED) is 0.853. The van der Waals surface area contributed by atoms with Crippen molar-refractivity contribution in [2.24, 2.45) is 11.8 Å². The molecule has 138 valence electrons. The summed E-state index contributed by atoms with van der Waals surface area (Å²) in [5.41, 5.74) is 0.715. The highest BCUT2D eigenvalue weighted by atomic mass is 35.5. The number of piperidine rings is 2. The number of benzene rings is 1. The Labute approximate surface area is 160 Å². The topological polar surface area (TPSA) is 35.6 Å². The fourth-order valence-corrected chi connectivity index (χ4v) is 4.28. The first kappa shape index (κ1) is 19.0. The van der Waals surface area contributed by atoms with Gasteiger partial charge in [0.2, 0.25) is 5.91 Å². The van der Waals surface area contributed by atoms with Crippen LogP contribution in [0.2, 0.25) is 10.0 Å². The molecule has 1 N–H and O–H groups in total. The second kappa shape index (κ2) is 8.72. The second-order valence-electron chi connectivity index (χ2n) is 7.46. The van der Waals surface area contributed by atoms with Gasteiger partial charge in [0.25, 0.3) is 0 Å². The van der Waals surface area contributed by atoms with Gasteiger partial charge in [-0.1, -0.05) is 23.2 Å². The Morgan fingerprint density at radius 2 is 1.92 bits per heavy atom. The fraction of sp³-hybridized carbons (Fsp3) is 0.632. The van der Waals surface area contributed by atoms with Crippen LogP contribution in [0, 0.1) is 11.8 Å². The maximum atomic E-state index is 12.5. The molecule has 0 spiro atoms. The Hall–Kier alpha value is -0.810. The Morgan fingerprint density at radius 1 is 1.16 bits per heavy atom. The van der Waals surface area contributed by atoms with Gasteiger partial charge < -0.3 is 15.1 Å². The van der Waals surface area contributed by atoms with E-state index in [4.69, 9.17) is 23.2 Å². The van der Waals surface area contributed by atoms with E-state index in [1.807, 2.05) is 0 Å². The summed E-state index contributed by atoms with van der Waals surface area (Å²) < 4.78 is 0. The third kappa shape index (κ3) is 5.33. The van der Waals surface area contributed by atoms with Gasteiger partial charge in [-0.15, -0.1) is 0 Å². The Kier molecular flexibility index (Phi) is 6.61. The van der Waals surface area contributed by atoms with E-state index >= 15 is 0 Å². The minimum Gasteiger partial charge on any atom is -0.326 e. The number of rotatable bonds is 4. The second-order valence-corrected chi connectivity index (χ2v) is 8.28. The molecule has 2 heterocycles. The third-order valence-corrected chi connectivity index (χ3v) is 6.12. The van der Waals surface area contributed by atoms with Gasteiger partial charge >= 0.3 is 0 Å². The molecule has 4 nitrogen and oxygen atoms in total. The zero-order chi connectivity index (χ0) is 17.8. The monoisotopic (exact) mass is 383 g/mol. The van der Waals surface area contributed by atoms with Gasteiger partial charge in [-0.3, -0.25) is 4.79 Å². The zero-order valence-corrected chi connectivity index (χ0v) is 16.3. The van der Waals surface area contributed by atoms with E-state index in [1.165, 1.54) is 32.5 Å². The smallest absolute Gasteiger partial charge is 0.227 e. The van der Waals surface area contributed by atoms with Crippen molar-refractivity contribution in [1.29, 1.82) is 0 Å². The summed E-state index contributed by atoms with van der Waals surface area (Å²) in [6.45, 7) is 5.63. The van der Waals surface area contributed by atoms with Gasteiger partial charge in [-0.25, -0.2) is 0 Å². The predicted molar refractivity (Wildman–Crippen MR) is 104 cm³/mol. The van der Waals surface area contributed by atoms with Gasteiger partial charge in [-0.2, -0.15) is 0 Å². The van der Waals surface area contributed by atoms with Crippen LogP contribution < -0.4 is 5.32 Å². The minimum atomic E-state index is 0.0831. The number of amides is 1. The standard InChI is InChI=1S/C19H27Cl2N3O/c1-23-8-2-3-14(12-23)13-24-9-6-15(7-10-24)19(25)22-16-4-5-17(20)18(21)11-16/h4-5,11,14-15H,2-3,6-10,12-13H2,1H3,(H,22,25). The molecule has 25 heavy (non-hydrogen) atoms. The van der Waals surface area contributed by atoms with Crippen LogP contribution in [-0.2, 0) is 4.79 Å². The van der Waals surface area contributed by atoms with Crippen molar-refractivity contribution >= 4 is 34.8 Å². The van der Waals surface area contributed by atoms with Crippen LogP contribution in [0.1, 0.15) is 25.7 Å². The van der Waals surface area contributed by atoms with Gasteiger partial charge in [0.05, 0.1) is 10.0 Å². The Balaban J connectivity index is 1.45. The number of carbonyl (C=O) groups excluding carboxylic acids is 1. The van der Waals surface area contributed by atoms with Crippen LogP contribution in [0.4, 0.5) is 5.69 Å². The largest absolute Gasteiger partial charge is 0.326 e. The van der Waals surface area contributed by atoms with Crippen molar-refractivity contribution < 1.29 is 4.79 Å². The van der Waals surface area contributed by atoms with E-state index in [2.05, 4.69) is 22.2 Å². The number of hydrogen-bond donors (Lipinski definition) is 1. The summed E-state index contributed by atoms with van der Waals surface area (Å²) in [6.07, 6.45) is 4.50. The van der Waals surface area contributed by atoms with Crippen LogP contribution in [0.5, 0.6) is 0 Å². The molecular formula is C19H27Cl2N3O. The summed E-state index contributed by atoms with van der Waals surface area (Å²) in [5, 5.41) is 3.94. The molecule has 2 fully saturated rings. The van der Waals surface area contributed by atoms with Gasteiger partial charge in [0.15, 0.2) is 0 Å². The van der Waals surface area contributed by atoms with Crippen LogP contribution in [-0.4, -0.2) is 55.5 Å². The highest BCUT2D eigenvalue weighted by Crippen LogP contribution is 2.27. The number of nitrogens with zero attached hydrogens (tertiary/aromatic N) is 2. The van der Waals surface area contributed by atoms with Crippen molar-refractivity contribution in [3.8, 4) is 0 Å². The molecule has 0 aromatic heterocycles. The molecule has 6 heteroatoms. The van der Waals surface area contributed by atoms with E-state index in [1.54, 1.807) is 18.2 Å². The van der Waals surface area contributed by atoms with Crippen molar-refractivity contribution in [1.82, 2.24) is 9.80 Å². The first-order valence-electron chi connectivity index (χ1n) is 9.18. The lowest BCUT2D eigenvalue weighted by atomic mass is 9.93. The van der Waals surface area contributed by atoms with Gasteiger partial charge in [-0.05, 0) is 76.5 Å². The normalized spacial score (nSPS) is 23.6. The van der Waals surface area contributed by atoms with E-state index in [0.29, 0.717) is 15.7 Å². The average Bonchev–Trinajstić information content (AvgIpc) is 2.59. The fourth-order valence-electron chi connectivity index (χ4n) is 3.98. The van der Waals surface area contributed by atoms with Crippen molar-refractivity contribution in [2.45, 2.75) is 25.7 Å². The third-order valence-electron chi connectivity index (χ3n) is 5.38. The van der Waals surface area contributed by atoms with Crippen molar-refractivity contribution in [3.05, 3.63) is 28.2 Å². The number of likely N-dealkylation sites (tertiary alicyclic amines) is 2. The molecule has 0 radical (unpaired) electrons. The maximum Gasteiger partial charge on any atom is 0.227 e. The number of carbonyl (C=O) groups is 1. The molecule has 1 aromatic rings. The molecule has 1 amide bonds. The zero-order valence-electron chi connectivity index (χ0n) is 14.8. The summed E-state index contributed by atoms with van der Waals surface area (Å²) >= 11 is 11.9. The molecule has 1 unspecified atom stereocenters. The maximum absolute atomic E-state index is 12.5. The van der Waals surface area contributed by atoms with Crippen LogP contribution in [0.15, 0.2) is 18.2 Å². The number of halogens is 2. The molecule has 0 aliphatic carbocycles. The van der Waals surface area contributed by atoms with Crippen LogP contribution in [0.25, 0.3) is 0 Å². The number of hydrogen-bond acceptors (Lipinski definition) is 3. The highest BCUT2D eigenvalue weighted by molar-refractivity contribution is 6.42. The molecule has 1 atom stereocenters. The highest BCUT2D eigenvalue weighted by Gasteiger charge is 2.27. The molecule has 2 aliphatic rings. The van der Waals surface area contributed by atoms with Crippen LogP contribution >= 0.6 is 23.2 Å². The molecule has 3 rings (SSSR count). The first-order chi connectivity index (χ1) is 12.0. The minimum absolute atomic E-state index is 0.0831. The summed E-state index contributed by atoms with van der Waals surface area (Å²) in [6, 6.07) is 5.21.